The molecule has 0 fully saturated rings. The molecule has 0 saturated heterocycles. The normalized spacial score (nSPS) is 17.3. The van der Waals surface area contributed by atoms with E-state index in [1.165, 1.54) is 86.9 Å². The van der Waals surface area contributed by atoms with E-state index in [-0.39, 0.29) is 5.41 Å². The smallest absolute Gasteiger partial charge is 0.161 e. The topological polar surface area (TPSA) is 25.8 Å². The fourth-order valence-electron chi connectivity index (χ4n) is 11.8. The maximum absolute atomic E-state index is 5.46. The van der Waals surface area contributed by atoms with Crippen LogP contribution >= 0.6 is 0 Å². The van der Waals surface area contributed by atoms with Crippen LogP contribution in [0.2, 0.25) is 0 Å². The molecule has 1 spiro atoms. The number of hydrogen-bond acceptors (Lipinski definition) is 2. The van der Waals surface area contributed by atoms with Crippen molar-refractivity contribution in [1.29, 1.82) is 0 Å². The molecule has 0 saturated carbocycles. The third-order valence-electron chi connectivity index (χ3n) is 14.6. The summed E-state index contributed by atoms with van der Waals surface area (Å²) in [5.74, 6) is 1.15. The lowest BCUT2D eigenvalue weighted by Gasteiger charge is -2.46. The monoisotopic (exact) mass is 784 g/mol. The van der Waals surface area contributed by atoms with Crippen molar-refractivity contribution >= 4 is 11.6 Å². The number of aromatic nitrogens is 2. The zero-order valence-electron chi connectivity index (χ0n) is 35.2. The number of benzene rings is 7. The lowest BCUT2D eigenvalue weighted by molar-refractivity contribution is 0.563. The zero-order chi connectivity index (χ0) is 40.9. The molecule has 12 rings (SSSR count). The van der Waals surface area contributed by atoms with Gasteiger partial charge in [0.2, 0.25) is 0 Å². The van der Waals surface area contributed by atoms with Gasteiger partial charge in [-0.15, -0.1) is 0 Å². The number of hydrogen-bond donors (Lipinski definition) is 0. The molecular weight excluding hydrogens is 737 g/mol. The van der Waals surface area contributed by atoms with Gasteiger partial charge in [0.15, 0.2) is 5.82 Å². The second kappa shape index (κ2) is 13.7. The van der Waals surface area contributed by atoms with E-state index >= 15 is 0 Å². The minimum absolute atomic E-state index is 0.175. The van der Waals surface area contributed by atoms with Crippen LogP contribution in [0, 0.1) is 5.92 Å². The van der Waals surface area contributed by atoms with Gasteiger partial charge in [-0.25, -0.2) is 9.97 Å². The van der Waals surface area contributed by atoms with Crippen LogP contribution in [-0.2, 0) is 30.1 Å². The Bertz CT molecular complexity index is 2990. The number of rotatable bonds is 4. The lowest BCUT2D eigenvalue weighted by atomic mass is 9.55. The Hall–Kier alpha value is -6.64. The van der Waals surface area contributed by atoms with Crippen molar-refractivity contribution in [3.63, 3.8) is 0 Å². The maximum Gasteiger partial charge on any atom is 0.161 e. The summed E-state index contributed by atoms with van der Waals surface area (Å²) in [6, 6.07) is 60.9. The molecule has 1 heterocycles. The highest BCUT2D eigenvalue weighted by Crippen LogP contribution is 2.63. The third kappa shape index (κ3) is 5.34. The molecule has 2 nitrogen and oxygen atoms in total. The quantitative estimate of drug-likeness (QED) is 0.178. The summed E-state index contributed by atoms with van der Waals surface area (Å²) in [6.07, 6.45) is 8.65. The van der Waals surface area contributed by atoms with E-state index in [0.29, 0.717) is 5.92 Å². The van der Waals surface area contributed by atoms with E-state index in [4.69, 9.17) is 9.97 Å². The number of aryl methyl sites for hydroxylation is 1. The van der Waals surface area contributed by atoms with Crippen LogP contribution in [0.5, 0.6) is 0 Å². The fraction of sp³-hybridized carbons (Fsp3) is 0.186. The molecule has 7 aromatic carbocycles. The van der Waals surface area contributed by atoms with Crippen LogP contribution in [-0.4, -0.2) is 9.97 Å². The van der Waals surface area contributed by atoms with Gasteiger partial charge in [0.25, 0.3) is 0 Å². The van der Waals surface area contributed by atoms with Crippen molar-refractivity contribution in [1.82, 2.24) is 9.97 Å². The molecule has 2 heteroatoms. The Morgan fingerprint density at radius 3 is 1.77 bits per heavy atom. The fourth-order valence-corrected chi connectivity index (χ4v) is 11.8. The van der Waals surface area contributed by atoms with Gasteiger partial charge in [0, 0.05) is 22.1 Å². The van der Waals surface area contributed by atoms with Crippen LogP contribution in [0.3, 0.4) is 0 Å². The molecule has 61 heavy (non-hydrogen) atoms. The lowest BCUT2D eigenvalue weighted by Crippen LogP contribution is -2.40. The highest BCUT2D eigenvalue weighted by molar-refractivity contribution is 5.98. The van der Waals surface area contributed by atoms with Crippen molar-refractivity contribution in [2.75, 3.05) is 0 Å². The Morgan fingerprint density at radius 1 is 0.492 bits per heavy atom. The molecule has 4 aliphatic carbocycles. The molecule has 1 unspecified atom stereocenters. The van der Waals surface area contributed by atoms with Crippen molar-refractivity contribution in [3.05, 3.63) is 225 Å². The van der Waals surface area contributed by atoms with Gasteiger partial charge in [-0.2, -0.15) is 0 Å². The summed E-state index contributed by atoms with van der Waals surface area (Å²) in [6.45, 7) is 7.23. The van der Waals surface area contributed by atoms with Crippen LogP contribution in [0.4, 0.5) is 0 Å². The first-order chi connectivity index (χ1) is 29.9. The van der Waals surface area contributed by atoms with Gasteiger partial charge in [0.1, 0.15) is 0 Å². The molecule has 0 aliphatic heterocycles. The molecule has 1 atom stereocenters. The van der Waals surface area contributed by atoms with Gasteiger partial charge in [-0.1, -0.05) is 179 Å². The number of fused-ring (bicyclic) bond motifs is 12. The maximum atomic E-state index is 5.46. The average molecular weight is 785 g/mol. The number of allylic oxidation sites excluding steroid dienone is 1. The van der Waals surface area contributed by atoms with E-state index in [1.54, 1.807) is 16.7 Å². The van der Waals surface area contributed by atoms with Gasteiger partial charge >= 0.3 is 0 Å². The van der Waals surface area contributed by atoms with E-state index < -0.39 is 5.41 Å². The van der Waals surface area contributed by atoms with E-state index in [9.17, 15) is 0 Å². The van der Waals surface area contributed by atoms with Crippen molar-refractivity contribution in [2.45, 2.75) is 63.7 Å². The molecule has 0 N–H and O–H groups in total. The third-order valence-corrected chi connectivity index (χ3v) is 14.6. The Kier molecular flexibility index (Phi) is 8.13. The predicted octanol–water partition coefficient (Wildman–Crippen LogP) is 14.1. The van der Waals surface area contributed by atoms with Crippen molar-refractivity contribution < 1.29 is 0 Å². The van der Waals surface area contributed by atoms with Gasteiger partial charge in [0.05, 0.1) is 16.8 Å². The second-order valence-corrected chi connectivity index (χ2v) is 18.3. The van der Waals surface area contributed by atoms with Crippen LogP contribution < -0.4 is 0 Å². The Morgan fingerprint density at radius 2 is 1.10 bits per heavy atom. The van der Waals surface area contributed by atoms with Crippen LogP contribution in [0.25, 0.3) is 56.7 Å². The highest BCUT2D eigenvalue weighted by atomic mass is 14.9. The first-order valence-electron chi connectivity index (χ1n) is 22.3. The molecule has 8 aromatic rings. The summed E-state index contributed by atoms with van der Waals surface area (Å²) in [4.78, 5) is 10.9. The second-order valence-electron chi connectivity index (χ2n) is 18.3. The van der Waals surface area contributed by atoms with E-state index in [1.807, 2.05) is 0 Å². The van der Waals surface area contributed by atoms with Crippen molar-refractivity contribution in [2.24, 2.45) is 5.92 Å². The predicted molar refractivity (Wildman–Crippen MR) is 252 cm³/mol. The average Bonchev–Trinajstić information content (AvgIpc) is 3.61. The molecule has 0 bridgehead atoms. The number of nitrogens with zero attached hydrogens (tertiary/aromatic N) is 2. The molecule has 4 aliphatic rings. The van der Waals surface area contributed by atoms with E-state index in [2.05, 4.69) is 191 Å². The van der Waals surface area contributed by atoms with Gasteiger partial charge in [-0.05, 0) is 128 Å². The largest absolute Gasteiger partial charge is 0.228 e. The molecule has 1 aromatic heterocycles. The van der Waals surface area contributed by atoms with Crippen LogP contribution in [0.15, 0.2) is 164 Å². The molecular formula is C59H48N2. The first-order valence-corrected chi connectivity index (χ1v) is 22.3. The Balaban J connectivity index is 1.15. The summed E-state index contributed by atoms with van der Waals surface area (Å²) in [5.41, 5.74) is 23.9. The standard InChI is InChI=1S/C59H48N2/c1-37-33-46-42(30-29-38-17-10-11-22-43(38)46)34-45(37)41-31-32-48-47(35-41)56-44(57-60-54(39-18-6-4-7-19-39)36-55(61-57)40-20-8-5-9-21-40)23-16-28-53(56)59(48)51-26-14-12-24-49(51)58(2,3)50-25-13-15-27-52(50)59/h4-9,12-16,18-21,23-32,34-37H,10-11,17,22,33H2,1-3H3. The minimum Gasteiger partial charge on any atom is -0.228 e. The summed E-state index contributed by atoms with van der Waals surface area (Å²) >= 11 is 0. The summed E-state index contributed by atoms with van der Waals surface area (Å²) < 4.78 is 0. The molecule has 0 amide bonds. The summed E-state index contributed by atoms with van der Waals surface area (Å²) in [5, 5.41) is 0. The SMILES string of the molecule is CC1Cc2c(ccc3c2CCCC3)C=C1c1ccc2c(c1)-c1c(-c3nc(-c4ccccc4)cc(-c4ccccc4)n3)cccc1C21c2ccccc2C(C)(C)c2ccccc21. The zero-order valence-corrected chi connectivity index (χ0v) is 35.2. The van der Waals surface area contributed by atoms with E-state index in [0.717, 1.165) is 40.3 Å². The Labute approximate surface area is 359 Å². The minimum atomic E-state index is -0.528. The summed E-state index contributed by atoms with van der Waals surface area (Å²) in [7, 11) is 0. The highest BCUT2D eigenvalue weighted by Gasteiger charge is 2.54. The molecule has 0 radical (unpaired) electrons. The van der Waals surface area contributed by atoms with Gasteiger partial charge < -0.3 is 0 Å². The van der Waals surface area contributed by atoms with Gasteiger partial charge in [-0.3, -0.25) is 0 Å². The molecule has 294 valence electrons. The van der Waals surface area contributed by atoms with Crippen LogP contribution in [0.1, 0.15) is 94.8 Å². The van der Waals surface area contributed by atoms with Crippen molar-refractivity contribution in [3.8, 4) is 45.0 Å². The first kappa shape index (κ1) is 36.2.